The van der Waals surface area contributed by atoms with Crippen LogP contribution in [0.25, 0.3) is 0 Å². The average Bonchev–Trinajstić information content (AvgIpc) is 3.40. The summed E-state index contributed by atoms with van der Waals surface area (Å²) in [5.41, 5.74) is 1.69. The van der Waals surface area contributed by atoms with Gasteiger partial charge in [0.1, 0.15) is 5.60 Å². The highest BCUT2D eigenvalue weighted by atomic mass is 16.6. The van der Waals surface area contributed by atoms with Gasteiger partial charge in [0.2, 0.25) is 0 Å². The summed E-state index contributed by atoms with van der Waals surface area (Å²) in [5, 5.41) is 0. The molecule has 0 saturated heterocycles. The summed E-state index contributed by atoms with van der Waals surface area (Å²) < 4.78 is 5.71. The summed E-state index contributed by atoms with van der Waals surface area (Å²) in [4.78, 5) is 12.6. The summed E-state index contributed by atoms with van der Waals surface area (Å²) in [6.07, 6.45) is 9.98. The number of benzene rings is 1. The molecule has 1 aromatic carbocycles. The second-order valence-corrected chi connectivity index (χ2v) is 9.73. The fourth-order valence-corrected chi connectivity index (χ4v) is 6.68. The molecular weight excluding hydrogens is 320 g/mol. The molecular formula is C24H30O2. The highest BCUT2D eigenvalue weighted by molar-refractivity contribution is 5.89. The molecule has 5 rings (SSSR count). The van der Waals surface area contributed by atoms with Crippen molar-refractivity contribution in [3.8, 4) is 0 Å². The van der Waals surface area contributed by atoms with Crippen LogP contribution in [-0.4, -0.2) is 11.6 Å². The van der Waals surface area contributed by atoms with Crippen LogP contribution >= 0.6 is 0 Å². The summed E-state index contributed by atoms with van der Waals surface area (Å²) in [6.45, 7) is 6.01. The van der Waals surface area contributed by atoms with Gasteiger partial charge in [-0.05, 0) is 98.7 Å². The van der Waals surface area contributed by atoms with Gasteiger partial charge in [-0.25, -0.2) is 4.79 Å². The first-order valence-corrected chi connectivity index (χ1v) is 10.5. The first-order chi connectivity index (χ1) is 12.5. The number of fused-ring (bicyclic) bond motifs is 9. The maximum absolute atomic E-state index is 12.6. The summed E-state index contributed by atoms with van der Waals surface area (Å²) in [7, 11) is 0. The van der Waals surface area contributed by atoms with Gasteiger partial charge in [0.15, 0.2) is 0 Å². The van der Waals surface area contributed by atoms with Crippen LogP contribution in [-0.2, 0) is 4.74 Å². The fraction of sp³-hybridized carbons (Fsp3) is 0.625. The van der Waals surface area contributed by atoms with E-state index in [-0.39, 0.29) is 5.97 Å². The van der Waals surface area contributed by atoms with E-state index in [1.54, 1.807) is 0 Å². The standard InChI is InChI=1S/C24H30O2/c1-4-24(2,3)26-23(25)17-7-5-6-14(10-17)19-12-18-13-20(19)22-16-9-8-15(11-16)21(18)22/h5-10,15-16,18-22H,4,11-13H2,1-3H3. The zero-order valence-electron chi connectivity index (χ0n) is 16.2. The van der Waals surface area contributed by atoms with Crippen molar-refractivity contribution in [2.75, 3.05) is 0 Å². The Bertz CT molecular complexity index is 761. The minimum Gasteiger partial charge on any atom is -0.456 e. The van der Waals surface area contributed by atoms with Gasteiger partial charge >= 0.3 is 5.97 Å². The molecule has 0 aromatic heterocycles. The van der Waals surface area contributed by atoms with E-state index in [2.05, 4.69) is 37.3 Å². The number of hydrogen-bond acceptors (Lipinski definition) is 2. The predicted molar refractivity (Wildman–Crippen MR) is 103 cm³/mol. The SMILES string of the molecule is CCC(C)(C)OC(=O)c1cccc(C2CC3CC2C2C4C=CC(C4)C32)c1. The van der Waals surface area contributed by atoms with E-state index in [0.29, 0.717) is 5.92 Å². The second-order valence-electron chi connectivity index (χ2n) is 9.73. The van der Waals surface area contributed by atoms with Crippen LogP contribution in [0, 0.1) is 35.5 Å². The smallest absolute Gasteiger partial charge is 0.338 e. The number of esters is 1. The Kier molecular flexibility index (Phi) is 3.64. The quantitative estimate of drug-likeness (QED) is 0.402. The number of carbonyl (C=O) groups is 1. The molecule has 4 aliphatic carbocycles. The lowest BCUT2D eigenvalue weighted by Gasteiger charge is -2.37. The lowest BCUT2D eigenvalue weighted by atomic mass is 9.68. The van der Waals surface area contributed by atoms with Gasteiger partial charge in [0.05, 0.1) is 5.56 Å². The molecule has 7 atom stereocenters. The molecule has 0 amide bonds. The Morgan fingerprint density at radius 1 is 1.12 bits per heavy atom. The molecule has 138 valence electrons. The largest absolute Gasteiger partial charge is 0.456 e. The Labute approximate surface area is 157 Å². The van der Waals surface area contributed by atoms with E-state index < -0.39 is 5.60 Å². The molecule has 2 heteroatoms. The Balaban J connectivity index is 1.37. The van der Waals surface area contributed by atoms with Crippen LogP contribution in [0.4, 0.5) is 0 Å². The monoisotopic (exact) mass is 350 g/mol. The minimum absolute atomic E-state index is 0.178. The average molecular weight is 351 g/mol. The predicted octanol–water partition coefficient (Wildman–Crippen LogP) is 5.59. The molecule has 0 spiro atoms. The number of carbonyl (C=O) groups excluding carboxylic acids is 1. The molecule has 3 fully saturated rings. The topological polar surface area (TPSA) is 26.3 Å². The highest BCUT2D eigenvalue weighted by Gasteiger charge is 2.60. The van der Waals surface area contributed by atoms with Gasteiger partial charge < -0.3 is 4.74 Å². The number of hydrogen-bond donors (Lipinski definition) is 0. The Hall–Kier alpha value is -1.57. The van der Waals surface area contributed by atoms with Crippen LogP contribution in [0.1, 0.15) is 68.3 Å². The van der Waals surface area contributed by atoms with Gasteiger partial charge in [-0.3, -0.25) is 0 Å². The van der Waals surface area contributed by atoms with E-state index in [0.717, 1.165) is 47.5 Å². The molecule has 0 heterocycles. The van der Waals surface area contributed by atoms with Crippen molar-refractivity contribution in [2.45, 2.75) is 58.0 Å². The lowest BCUT2D eigenvalue weighted by Crippen LogP contribution is -2.30. The van der Waals surface area contributed by atoms with Crippen molar-refractivity contribution in [1.29, 1.82) is 0 Å². The van der Waals surface area contributed by atoms with Crippen molar-refractivity contribution in [1.82, 2.24) is 0 Å². The van der Waals surface area contributed by atoms with Gasteiger partial charge in [-0.15, -0.1) is 0 Å². The van der Waals surface area contributed by atoms with E-state index in [1.165, 1.54) is 24.8 Å². The third kappa shape index (κ3) is 2.41. The second kappa shape index (κ2) is 5.71. The highest BCUT2D eigenvalue weighted by Crippen LogP contribution is 2.68. The van der Waals surface area contributed by atoms with Crippen molar-refractivity contribution < 1.29 is 9.53 Å². The first kappa shape index (κ1) is 16.6. The van der Waals surface area contributed by atoms with Gasteiger partial charge in [0, 0.05) is 0 Å². The number of allylic oxidation sites excluding steroid dienone is 2. The Morgan fingerprint density at radius 2 is 1.88 bits per heavy atom. The van der Waals surface area contributed by atoms with Gasteiger partial charge in [0.25, 0.3) is 0 Å². The molecule has 0 radical (unpaired) electrons. The molecule has 26 heavy (non-hydrogen) atoms. The summed E-state index contributed by atoms with van der Waals surface area (Å²) in [6, 6.07) is 8.32. The first-order valence-electron chi connectivity index (χ1n) is 10.5. The molecule has 4 aliphatic rings. The van der Waals surface area contributed by atoms with Crippen LogP contribution < -0.4 is 0 Å². The summed E-state index contributed by atoms with van der Waals surface area (Å²) in [5.74, 6) is 5.77. The molecule has 0 aliphatic heterocycles. The molecule has 1 aromatic rings. The molecule has 2 nitrogen and oxygen atoms in total. The van der Waals surface area contributed by atoms with Crippen LogP contribution in [0.3, 0.4) is 0 Å². The third-order valence-electron chi connectivity index (χ3n) is 8.04. The van der Waals surface area contributed by atoms with Crippen molar-refractivity contribution in [3.63, 3.8) is 0 Å². The number of rotatable bonds is 4. The van der Waals surface area contributed by atoms with E-state index in [4.69, 9.17) is 4.74 Å². The van der Waals surface area contributed by atoms with Crippen molar-refractivity contribution in [2.24, 2.45) is 35.5 Å². The minimum atomic E-state index is -0.401. The van der Waals surface area contributed by atoms with E-state index in [9.17, 15) is 4.79 Å². The lowest BCUT2D eigenvalue weighted by molar-refractivity contribution is -0.00245. The van der Waals surface area contributed by atoms with Gasteiger partial charge in [-0.2, -0.15) is 0 Å². The van der Waals surface area contributed by atoms with E-state index in [1.807, 2.05) is 19.9 Å². The fourth-order valence-electron chi connectivity index (χ4n) is 6.68. The van der Waals surface area contributed by atoms with Crippen LogP contribution in [0.15, 0.2) is 36.4 Å². The van der Waals surface area contributed by atoms with Crippen LogP contribution in [0.2, 0.25) is 0 Å². The maximum Gasteiger partial charge on any atom is 0.338 e. The van der Waals surface area contributed by atoms with E-state index >= 15 is 0 Å². The third-order valence-corrected chi connectivity index (χ3v) is 8.04. The zero-order valence-corrected chi connectivity index (χ0v) is 16.2. The number of ether oxygens (including phenoxy) is 1. The summed E-state index contributed by atoms with van der Waals surface area (Å²) >= 11 is 0. The zero-order chi connectivity index (χ0) is 18.1. The normalized spacial score (nSPS) is 39.4. The van der Waals surface area contributed by atoms with Crippen molar-refractivity contribution >= 4 is 5.97 Å². The maximum atomic E-state index is 12.6. The Morgan fingerprint density at radius 3 is 2.65 bits per heavy atom. The molecule has 3 saturated carbocycles. The van der Waals surface area contributed by atoms with Crippen LogP contribution in [0.5, 0.6) is 0 Å². The van der Waals surface area contributed by atoms with Crippen molar-refractivity contribution in [3.05, 3.63) is 47.5 Å². The van der Waals surface area contributed by atoms with Gasteiger partial charge in [-0.1, -0.05) is 31.2 Å². The molecule has 7 unspecified atom stereocenters. The molecule has 0 N–H and O–H groups in total. The molecule has 4 bridgehead atoms.